The molecule has 6 nitrogen and oxygen atoms in total. The Hall–Kier alpha value is -2.16. The highest BCUT2D eigenvalue weighted by Gasteiger charge is 2.24. The Balaban J connectivity index is 1.29. The number of hydrogen-bond donors (Lipinski definition) is 2. The largest absolute Gasteiger partial charge is 0.423 e. The van der Waals surface area contributed by atoms with E-state index in [1.54, 1.807) is 12.1 Å². The minimum atomic E-state index is -3.70. The quantitative estimate of drug-likeness (QED) is 0.590. The smallest absolute Gasteiger partial charge is 0.295 e. The Bertz CT molecular complexity index is 1110. The molecule has 0 saturated heterocycles. The van der Waals surface area contributed by atoms with Crippen molar-refractivity contribution >= 4 is 38.7 Å². The number of fused-ring (bicyclic) bond motifs is 1. The normalized spacial score (nSPS) is 20.1. The van der Waals surface area contributed by atoms with Crippen molar-refractivity contribution in [2.75, 3.05) is 11.9 Å². The first-order valence-corrected chi connectivity index (χ1v) is 11.3. The summed E-state index contributed by atoms with van der Waals surface area (Å²) in [5, 5.41) is 3.91. The molecule has 0 atom stereocenters. The van der Waals surface area contributed by atoms with Crippen LogP contribution in [0.3, 0.4) is 0 Å². The maximum atomic E-state index is 13.3. The maximum Gasteiger partial charge on any atom is 0.295 e. The first-order valence-electron chi connectivity index (χ1n) is 9.47. The van der Waals surface area contributed by atoms with Crippen LogP contribution in [0.1, 0.15) is 25.7 Å². The lowest BCUT2D eigenvalue weighted by molar-refractivity contribution is 0.334. The Labute approximate surface area is 173 Å². The van der Waals surface area contributed by atoms with Crippen LogP contribution >= 0.6 is 11.6 Å². The van der Waals surface area contributed by atoms with Crippen molar-refractivity contribution in [2.24, 2.45) is 5.92 Å². The Morgan fingerprint density at radius 3 is 2.69 bits per heavy atom. The molecule has 0 bridgehead atoms. The fraction of sp³-hybridized carbons (Fsp3) is 0.350. The molecule has 0 unspecified atom stereocenters. The van der Waals surface area contributed by atoms with Gasteiger partial charge in [-0.3, -0.25) is 0 Å². The third kappa shape index (κ3) is 4.88. The Kier molecular flexibility index (Phi) is 5.76. The summed E-state index contributed by atoms with van der Waals surface area (Å²) in [7, 11) is -3.70. The highest BCUT2D eigenvalue weighted by Crippen LogP contribution is 2.28. The molecule has 1 aliphatic rings. The van der Waals surface area contributed by atoms with Gasteiger partial charge < -0.3 is 9.73 Å². The van der Waals surface area contributed by atoms with E-state index >= 15 is 0 Å². The van der Waals surface area contributed by atoms with E-state index in [2.05, 4.69) is 15.0 Å². The van der Waals surface area contributed by atoms with Crippen LogP contribution in [0.2, 0.25) is 5.02 Å². The fourth-order valence-electron chi connectivity index (χ4n) is 3.59. The minimum absolute atomic E-state index is 0.0519. The molecule has 2 aromatic carbocycles. The van der Waals surface area contributed by atoms with Crippen LogP contribution in [0.15, 0.2) is 51.8 Å². The standard InChI is InChI=1S/C20H21ClFN3O3S/c21-14-6-9-18-19(10-14)28-20(25-18)24-16-7-4-13(5-8-16)12-23-29(26,27)17-3-1-2-15(22)11-17/h1-3,6,9-11,13,16,23H,4-5,7-8,12H2,(H,24,25). The van der Waals surface area contributed by atoms with Gasteiger partial charge in [0.25, 0.3) is 6.01 Å². The second-order valence-corrected chi connectivity index (χ2v) is 9.51. The molecule has 9 heteroatoms. The van der Waals surface area contributed by atoms with Gasteiger partial charge in [-0.05, 0) is 61.9 Å². The molecule has 29 heavy (non-hydrogen) atoms. The molecule has 2 N–H and O–H groups in total. The van der Waals surface area contributed by atoms with Gasteiger partial charge in [-0.1, -0.05) is 17.7 Å². The highest BCUT2D eigenvalue weighted by atomic mass is 35.5. The van der Waals surface area contributed by atoms with E-state index in [0.717, 1.165) is 37.3 Å². The highest BCUT2D eigenvalue weighted by molar-refractivity contribution is 7.89. The van der Waals surface area contributed by atoms with Gasteiger partial charge in [0.1, 0.15) is 11.3 Å². The van der Waals surface area contributed by atoms with E-state index in [-0.39, 0.29) is 16.9 Å². The molecule has 0 spiro atoms. The van der Waals surface area contributed by atoms with Crippen molar-refractivity contribution in [3.8, 4) is 0 Å². The molecule has 1 heterocycles. The average molecular weight is 438 g/mol. The van der Waals surface area contributed by atoms with Crippen LogP contribution in [-0.4, -0.2) is 26.0 Å². The Morgan fingerprint density at radius 2 is 1.93 bits per heavy atom. The summed E-state index contributed by atoms with van der Waals surface area (Å²) < 4.78 is 46.2. The molecule has 154 valence electrons. The van der Waals surface area contributed by atoms with Gasteiger partial charge in [-0.25, -0.2) is 17.5 Å². The second-order valence-electron chi connectivity index (χ2n) is 7.30. The van der Waals surface area contributed by atoms with Crippen LogP contribution in [0.4, 0.5) is 10.4 Å². The van der Waals surface area contributed by atoms with Gasteiger partial charge in [0.2, 0.25) is 10.0 Å². The number of oxazole rings is 1. The number of benzene rings is 2. The monoisotopic (exact) mass is 437 g/mol. The van der Waals surface area contributed by atoms with Crippen LogP contribution in [0.25, 0.3) is 11.1 Å². The molecule has 3 aromatic rings. The van der Waals surface area contributed by atoms with Crippen LogP contribution < -0.4 is 10.0 Å². The molecule has 0 amide bonds. The number of sulfonamides is 1. The molecule has 1 fully saturated rings. The Morgan fingerprint density at radius 1 is 1.14 bits per heavy atom. The zero-order chi connectivity index (χ0) is 20.4. The van der Waals surface area contributed by atoms with E-state index in [4.69, 9.17) is 16.0 Å². The molecular formula is C20H21ClFN3O3S. The van der Waals surface area contributed by atoms with Crippen LogP contribution in [0.5, 0.6) is 0 Å². The molecule has 1 aliphatic carbocycles. The summed E-state index contributed by atoms with van der Waals surface area (Å²) in [5.74, 6) is -0.334. The van der Waals surface area contributed by atoms with Crippen molar-refractivity contribution in [2.45, 2.75) is 36.6 Å². The molecule has 0 aliphatic heterocycles. The SMILES string of the molecule is O=S(=O)(NCC1CCC(Nc2nc3ccc(Cl)cc3o2)CC1)c1cccc(F)c1. The minimum Gasteiger partial charge on any atom is -0.423 e. The van der Waals surface area contributed by atoms with Gasteiger partial charge in [-0.15, -0.1) is 0 Å². The summed E-state index contributed by atoms with van der Waals surface area (Å²) in [6.07, 6.45) is 3.50. The van der Waals surface area contributed by atoms with Gasteiger partial charge >= 0.3 is 0 Å². The first-order chi connectivity index (χ1) is 13.9. The van der Waals surface area contributed by atoms with Crippen molar-refractivity contribution < 1.29 is 17.2 Å². The lowest BCUT2D eigenvalue weighted by Crippen LogP contribution is -2.34. The number of anilines is 1. The number of hydrogen-bond acceptors (Lipinski definition) is 5. The van der Waals surface area contributed by atoms with Crippen LogP contribution in [-0.2, 0) is 10.0 Å². The number of aromatic nitrogens is 1. The maximum absolute atomic E-state index is 13.3. The number of nitrogens with zero attached hydrogens (tertiary/aromatic N) is 1. The topological polar surface area (TPSA) is 84.2 Å². The van der Waals surface area contributed by atoms with Crippen molar-refractivity contribution in [1.29, 1.82) is 0 Å². The predicted octanol–water partition coefficient (Wildman–Crippen LogP) is 4.57. The van der Waals surface area contributed by atoms with Gasteiger partial charge in [-0.2, -0.15) is 4.98 Å². The molecule has 1 aromatic heterocycles. The first kappa shape index (κ1) is 20.1. The number of rotatable bonds is 6. The van der Waals surface area contributed by atoms with Crippen molar-refractivity contribution in [1.82, 2.24) is 9.71 Å². The fourth-order valence-corrected chi connectivity index (χ4v) is 4.90. The summed E-state index contributed by atoms with van der Waals surface area (Å²) in [6, 6.07) is 11.0. The van der Waals surface area contributed by atoms with Gasteiger partial charge in [0.15, 0.2) is 5.58 Å². The lowest BCUT2D eigenvalue weighted by Gasteiger charge is -2.28. The second kappa shape index (κ2) is 8.30. The van der Waals surface area contributed by atoms with Gasteiger partial charge in [0, 0.05) is 23.7 Å². The van der Waals surface area contributed by atoms with E-state index in [1.165, 1.54) is 18.2 Å². The zero-order valence-electron chi connectivity index (χ0n) is 15.6. The lowest BCUT2D eigenvalue weighted by atomic mass is 9.86. The van der Waals surface area contributed by atoms with E-state index in [9.17, 15) is 12.8 Å². The molecule has 0 radical (unpaired) electrons. The van der Waals surface area contributed by atoms with Gasteiger partial charge in [0.05, 0.1) is 4.90 Å². The van der Waals surface area contributed by atoms with E-state index in [0.29, 0.717) is 23.2 Å². The zero-order valence-corrected chi connectivity index (χ0v) is 17.1. The predicted molar refractivity (Wildman–Crippen MR) is 110 cm³/mol. The van der Waals surface area contributed by atoms with E-state index in [1.807, 2.05) is 6.07 Å². The summed E-state index contributed by atoms with van der Waals surface area (Å²) in [4.78, 5) is 4.37. The molecular weight excluding hydrogens is 417 g/mol. The molecule has 4 rings (SSSR count). The van der Waals surface area contributed by atoms with Crippen molar-refractivity contribution in [3.05, 3.63) is 53.3 Å². The summed E-state index contributed by atoms with van der Waals surface area (Å²) in [5.41, 5.74) is 1.39. The van der Waals surface area contributed by atoms with Crippen molar-refractivity contribution in [3.63, 3.8) is 0 Å². The number of halogens is 2. The number of nitrogens with one attached hydrogen (secondary N) is 2. The summed E-state index contributed by atoms with van der Waals surface area (Å²) in [6.45, 7) is 0.340. The molecule has 1 saturated carbocycles. The van der Waals surface area contributed by atoms with E-state index < -0.39 is 15.8 Å². The third-order valence-corrected chi connectivity index (χ3v) is 6.85. The summed E-state index contributed by atoms with van der Waals surface area (Å²) >= 11 is 5.97. The third-order valence-electron chi connectivity index (χ3n) is 5.19. The van der Waals surface area contributed by atoms with Crippen LogP contribution in [0, 0.1) is 11.7 Å². The average Bonchev–Trinajstić information content (AvgIpc) is 3.09.